The Morgan fingerprint density at radius 1 is 1.14 bits per heavy atom. The molecule has 1 aromatic heterocycles. The Hall–Kier alpha value is -1.61. The lowest BCUT2D eigenvalue weighted by molar-refractivity contribution is -0.139. The van der Waals surface area contributed by atoms with E-state index in [0.29, 0.717) is 10.5 Å². The van der Waals surface area contributed by atoms with Gasteiger partial charge >= 0.3 is 6.18 Å². The number of nitrogens with zero attached hydrogens (tertiary/aromatic N) is 1. The van der Waals surface area contributed by atoms with Gasteiger partial charge in [0.1, 0.15) is 5.82 Å². The predicted molar refractivity (Wildman–Crippen MR) is 74.2 cm³/mol. The standard InChI is InChI=1S/C12H8BrF3N2O2S/c13-8-5-6-17-11(7-8)18-21(19,20)10-4-2-1-3-9(10)12(14,15)16/h1-7H,(H,17,18). The lowest BCUT2D eigenvalue weighted by Crippen LogP contribution is -2.19. The first-order chi connectivity index (χ1) is 9.70. The quantitative estimate of drug-likeness (QED) is 0.883. The minimum Gasteiger partial charge on any atom is -0.263 e. The van der Waals surface area contributed by atoms with Crippen molar-refractivity contribution in [3.8, 4) is 0 Å². The van der Waals surface area contributed by atoms with Crippen LogP contribution in [0.5, 0.6) is 0 Å². The summed E-state index contributed by atoms with van der Waals surface area (Å²) in [6.45, 7) is 0. The van der Waals surface area contributed by atoms with Gasteiger partial charge in [0.15, 0.2) is 0 Å². The Bertz CT molecular complexity index is 763. The van der Waals surface area contributed by atoms with E-state index in [4.69, 9.17) is 0 Å². The summed E-state index contributed by atoms with van der Waals surface area (Å²) in [4.78, 5) is 2.89. The van der Waals surface area contributed by atoms with Crippen molar-refractivity contribution in [2.75, 3.05) is 4.72 Å². The van der Waals surface area contributed by atoms with Gasteiger partial charge in [-0.15, -0.1) is 0 Å². The number of alkyl halides is 3. The van der Waals surface area contributed by atoms with Crippen molar-refractivity contribution in [1.29, 1.82) is 0 Å². The Labute approximate surface area is 127 Å². The minimum atomic E-state index is -4.77. The monoisotopic (exact) mass is 380 g/mol. The molecule has 0 saturated carbocycles. The van der Waals surface area contributed by atoms with Crippen LogP contribution in [0, 0.1) is 0 Å². The molecule has 0 atom stereocenters. The molecule has 21 heavy (non-hydrogen) atoms. The molecule has 0 fully saturated rings. The summed E-state index contributed by atoms with van der Waals surface area (Å²) in [6.07, 6.45) is -3.45. The van der Waals surface area contributed by atoms with E-state index in [-0.39, 0.29) is 5.82 Å². The number of nitrogens with one attached hydrogen (secondary N) is 1. The van der Waals surface area contributed by atoms with E-state index in [1.807, 2.05) is 4.72 Å². The van der Waals surface area contributed by atoms with E-state index in [0.717, 1.165) is 12.1 Å². The van der Waals surface area contributed by atoms with Gasteiger partial charge in [-0.25, -0.2) is 13.4 Å². The van der Waals surface area contributed by atoms with Crippen LogP contribution in [0.1, 0.15) is 5.56 Å². The molecule has 9 heteroatoms. The van der Waals surface area contributed by atoms with Crippen molar-refractivity contribution in [3.05, 3.63) is 52.6 Å². The number of anilines is 1. The smallest absolute Gasteiger partial charge is 0.263 e. The number of halogens is 4. The van der Waals surface area contributed by atoms with Crippen LogP contribution < -0.4 is 4.72 Å². The fourth-order valence-corrected chi connectivity index (χ4v) is 3.15. The van der Waals surface area contributed by atoms with Gasteiger partial charge in [0.05, 0.1) is 10.5 Å². The van der Waals surface area contributed by atoms with Gasteiger partial charge in [-0.3, -0.25) is 4.72 Å². The highest BCUT2D eigenvalue weighted by Gasteiger charge is 2.36. The summed E-state index contributed by atoms with van der Waals surface area (Å²) in [5.41, 5.74) is -1.23. The highest BCUT2D eigenvalue weighted by molar-refractivity contribution is 9.10. The average molecular weight is 381 g/mol. The molecule has 1 aromatic carbocycles. The molecule has 1 heterocycles. The van der Waals surface area contributed by atoms with Crippen LogP contribution >= 0.6 is 15.9 Å². The third-order valence-electron chi connectivity index (χ3n) is 2.44. The van der Waals surface area contributed by atoms with E-state index in [1.54, 1.807) is 6.07 Å². The molecule has 0 radical (unpaired) electrons. The first-order valence-electron chi connectivity index (χ1n) is 5.51. The lowest BCUT2D eigenvalue weighted by atomic mass is 10.2. The SMILES string of the molecule is O=S(=O)(Nc1cc(Br)ccn1)c1ccccc1C(F)(F)F. The van der Waals surface area contributed by atoms with Crippen molar-refractivity contribution in [2.24, 2.45) is 0 Å². The van der Waals surface area contributed by atoms with E-state index in [1.165, 1.54) is 18.3 Å². The Balaban J connectivity index is 2.46. The summed E-state index contributed by atoms with van der Waals surface area (Å²) < 4.78 is 65.4. The Kier molecular flexibility index (Phi) is 4.24. The number of sulfonamides is 1. The van der Waals surface area contributed by atoms with Gasteiger partial charge in [0.2, 0.25) is 0 Å². The molecule has 0 spiro atoms. The van der Waals surface area contributed by atoms with Gasteiger partial charge in [-0.1, -0.05) is 28.1 Å². The minimum absolute atomic E-state index is 0.0821. The molecule has 0 aliphatic heterocycles. The molecule has 0 unspecified atom stereocenters. The molecule has 0 bridgehead atoms. The molecule has 2 rings (SSSR count). The van der Waals surface area contributed by atoms with Crippen molar-refractivity contribution in [1.82, 2.24) is 4.98 Å². The number of hydrogen-bond acceptors (Lipinski definition) is 3. The largest absolute Gasteiger partial charge is 0.417 e. The number of rotatable bonds is 3. The zero-order valence-electron chi connectivity index (χ0n) is 10.2. The van der Waals surface area contributed by atoms with E-state index >= 15 is 0 Å². The van der Waals surface area contributed by atoms with Gasteiger partial charge in [0, 0.05) is 10.7 Å². The van der Waals surface area contributed by atoms with Gasteiger partial charge < -0.3 is 0 Å². The molecular weight excluding hydrogens is 373 g/mol. The zero-order chi connectivity index (χ0) is 15.7. The fraction of sp³-hybridized carbons (Fsp3) is 0.0833. The van der Waals surface area contributed by atoms with Crippen molar-refractivity contribution in [3.63, 3.8) is 0 Å². The van der Waals surface area contributed by atoms with Crippen molar-refractivity contribution >= 4 is 31.8 Å². The fourth-order valence-electron chi connectivity index (χ4n) is 1.59. The van der Waals surface area contributed by atoms with Crippen LogP contribution in [0.4, 0.5) is 19.0 Å². The van der Waals surface area contributed by atoms with Gasteiger partial charge in [0.25, 0.3) is 10.0 Å². The summed E-state index contributed by atoms with van der Waals surface area (Å²) in [7, 11) is -4.40. The van der Waals surface area contributed by atoms with E-state index in [2.05, 4.69) is 20.9 Å². The molecule has 0 aliphatic rings. The first kappa shape index (κ1) is 15.8. The molecule has 0 amide bonds. The summed E-state index contributed by atoms with van der Waals surface area (Å²) in [6, 6.07) is 6.85. The topological polar surface area (TPSA) is 59.1 Å². The summed E-state index contributed by atoms with van der Waals surface area (Å²) >= 11 is 3.12. The van der Waals surface area contributed by atoms with E-state index in [9.17, 15) is 21.6 Å². The van der Waals surface area contributed by atoms with Crippen molar-refractivity contribution in [2.45, 2.75) is 11.1 Å². The molecule has 0 saturated heterocycles. The molecule has 1 N–H and O–H groups in total. The maximum absolute atomic E-state index is 12.9. The van der Waals surface area contributed by atoms with Crippen LogP contribution in [0.15, 0.2) is 52.0 Å². The van der Waals surface area contributed by atoms with Gasteiger partial charge in [-0.2, -0.15) is 13.2 Å². The maximum Gasteiger partial charge on any atom is 0.417 e. The second kappa shape index (κ2) is 5.64. The zero-order valence-corrected chi connectivity index (χ0v) is 12.6. The molecule has 112 valence electrons. The molecule has 0 aliphatic carbocycles. The number of hydrogen-bond donors (Lipinski definition) is 1. The van der Waals surface area contributed by atoms with Crippen LogP contribution in [-0.4, -0.2) is 13.4 Å². The number of pyridine rings is 1. The van der Waals surface area contributed by atoms with Crippen LogP contribution in [0.2, 0.25) is 0 Å². The van der Waals surface area contributed by atoms with Gasteiger partial charge in [-0.05, 0) is 24.3 Å². The Morgan fingerprint density at radius 2 is 1.81 bits per heavy atom. The maximum atomic E-state index is 12.9. The van der Waals surface area contributed by atoms with Crippen LogP contribution in [-0.2, 0) is 16.2 Å². The van der Waals surface area contributed by atoms with E-state index < -0.39 is 26.7 Å². The summed E-state index contributed by atoms with van der Waals surface area (Å²) in [5.74, 6) is -0.0821. The molecule has 2 aromatic rings. The lowest BCUT2D eigenvalue weighted by Gasteiger charge is -2.13. The average Bonchev–Trinajstić information content (AvgIpc) is 2.37. The third-order valence-corrected chi connectivity index (χ3v) is 4.35. The normalized spacial score (nSPS) is 12.2. The number of benzene rings is 1. The second-order valence-electron chi connectivity index (χ2n) is 3.96. The highest BCUT2D eigenvalue weighted by Crippen LogP contribution is 2.34. The number of aromatic nitrogens is 1. The predicted octanol–water partition coefficient (Wildman–Crippen LogP) is 3.66. The highest BCUT2D eigenvalue weighted by atomic mass is 79.9. The molecule has 4 nitrogen and oxygen atoms in total. The molecular formula is C12H8BrF3N2O2S. The third kappa shape index (κ3) is 3.73. The van der Waals surface area contributed by atoms with Crippen LogP contribution in [0.3, 0.4) is 0 Å². The Morgan fingerprint density at radius 3 is 2.43 bits per heavy atom. The summed E-state index contributed by atoms with van der Waals surface area (Å²) in [5, 5.41) is 0. The van der Waals surface area contributed by atoms with Crippen LogP contribution in [0.25, 0.3) is 0 Å². The first-order valence-corrected chi connectivity index (χ1v) is 7.78. The second-order valence-corrected chi connectivity index (χ2v) is 6.53. The van der Waals surface area contributed by atoms with Crippen molar-refractivity contribution < 1.29 is 21.6 Å².